The van der Waals surface area contributed by atoms with Crippen LogP contribution in [0.15, 0.2) is 18.0 Å². The highest BCUT2D eigenvalue weighted by Crippen LogP contribution is 1.67. The first-order valence-corrected chi connectivity index (χ1v) is 1.31. The Balaban J connectivity index is 3.52. The minimum atomic E-state index is 0.556. The van der Waals surface area contributed by atoms with Crippen molar-refractivity contribution in [3.8, 4) is 0 Å². The fraction of sp³-hybridized carbons (Fsp3) is 0. The molecule has 0 spiro atoms. The first-order valence-electron chi connectivity index (χ1n) is 1.31. The standard InChI is InChI=1S/C2H5N4/c1-2-6(4)5-3/h2-4H,1H2/q+1. The van der Waals surface area contributed by atoms with E-state index in [4.69, 9.17) is 11.1 Å². The summed E-state index contributed by atoms with van der Waals surface area (Å²) in [4.78, 5) is 0.556. The van der Waals surface area contributed by atoms with E-state index in [1.54, 1.807) is 0 Å². The molecule has 0 aromatic heterocycles. The number of rotatable bonds is 2. The van der Waals surface area contributed by atoms with Crippen molar-refractivity contribution in [2.45, 2.75) is 0 Å². The van der Waals surface area contributed by atoms with Crippen molar-refractivity contribution in [2.75, 3.05) is 0 Å². The highest BCUT2D eigenvalue weighted by atomic mass is 15.5. The molecule has 0 aromatic rings. The summed E-state index contributed by atoms with van der Waals surface area (Å²) in [5.74, 6) is 0. The Morgan fingerprint density at radius 1 is 1.83 bits per heavy atom. The summed E-state index contributed by atoms with van der Waals surface area (Å²) in [7, 11) is 0. The third kappa shape index (κ3) is 1.28. The van der Waals surface area contributed by atoms with Gasteiger partial charge in [-0.2, -0.15) is 0 Å². The largest absolute Gasteiger partial charge is 0.156 e. The molecule has 0 atom stereocenters. The van der Waals surface area contributed by atoms with Gasteiger partial charge in [-0.3, -0.25) is 0 Å². The second-order valence-corrected chi connectivity index (χ2v) is 0.627. The molecule has 0 saturated carbocycles. The smallest absolute Gasteiger partial charge is 0.110 e. The summed E-state index contributed by atoms with van der Waals surface area (Å²) < 4.78 is 0. The van der Waals surface area contributed by atoms with Crippen molar-refractivity contribution < 1.29 is 4.81 Å². The Hall–Kier alpha value is -1.06. The Labute approximate surface area is 35.1 Å². The quantitative estimate of drug-likeness (QED) is 0.287. The van der Waals surface area contributed by atoms with E-state index in [0.717, 1.165) is 6.20 Å². The summed E-state index contributed by atoms with van der Waals surface area (Å²) >= 11 is 0. The molecule has 2 N–H and O–H groups in total. The topological polar surface area (TPSA) is 63.1 Å². The summed E-state index contributed by atoms with van der Waals surface area (Å²) in [6.07, 6.45) is 1.12. The van der Waals surface area contributed by atoms with Gasteiger partial charge in [-0.15, -0.1) is 5.53 Å². The van der Waals surface area contributed by atoms with E-state index in [-0.39, 0.29) is 0 Å². The molecule has 32 valence electrons. The minimum Gasteiger partial charge on any atom is -0.110 e. The van der Waals surface area contributed by atoms with E-state index < -0.39 is 0 Å². The molecule has 0 radical (unpaired) electrons. The van der Waals surface area contributed by atoms with Crippen LogP contribution in [0.25, 0.3) is 0 Å². The Morgan fingerprint density at radius 3 is 2.33 bits per heavy atom. The zero-order valence-corrected chi connectivity index (χ0v) is 3.18. The average molecular weight is 85.1 g/mol. The fourth-order valence-electron chi connectivity index (χ4n) is 0.0408. The minimum absolute atomic E-state index is 0.556. The van der Waals surface area contributed by atoms with E-state index >= 15 is 0 Å². The number of hydrogen-bond acceptors (Lipinski definition) is 2. The molecule has 0 aliphatic rings. The second-order valence-electron chi connectivity index (χ2n) is 0.627. The van der Waals surface area contributed by atoms with Crippen molar-refractivity contribution in [1.82, 2.24) is 0 Å². The zero-order valence-electron chi connectivity index (χ0n) is 3.18. The average Bonchev–Trinajstić information content (AvgIpc) is 1.65. The lowest BCUT2D eigenvalue weighted by molar-refractivity contribution is -0.567. The van der Waals surface area contributed by atoms with Crippen molar-refractivity contribution in [3.05, 3.63) is 12.8 Å². The second kappa shape index (κ2) is 2.19. The first-order chi connectivity index (χ1) is 2.81. The van der Waals surface area contributed by atoms with Gasteiger partial charge in [-0.25, -0.2) is 0 Å². The molecule has 0 aromatic carbocycles. The van der Waals surface area contributed by atoms with Crippen LogP contribution in [-0.4, -0.2) is 4.81 Å². The number of nitrogens with one attached hydrogen (secondary N) is 2. The third-order valence-electron chi connectivity index (χ3n) is 0.281. The highest BCUT2D eigenvalue weighted by molar-refractivity contribution is 4.38. The van der Waals surface area contributed by atoms with Crippen molar-refractivity contribution in [2.24, 2.45) is 5.22 Å². The van der Waals surface area contributed by atoms with Crippen LogP contribution in [0.5, 0.6) is 0 Å². The summed E-state index contributed by atoms with van der Waals surface area (Å²) in [6, 6.07) is 0. The van der Waals surface area contributed by atoms with Gasteiger partial charge in [0.15, 0.2) is 5.22 Å². The van der Waals surface area contributed by atoms with Gasteiger partial charge >= 0.3 is 0 Å². The Morgan fingerprint density at radius 2 is 2.33 bits per heavy atom. The van der Waals surface area contributed by atoms with Gasteiger partial charge in [-0.05, 0) is 4.81 Å². The molecule has 0 saturated heterocycles. The van der Waals surface area contributed by atoms with Gasteiger partial charge < -0.3 is 0 Å². The van der Waals surface area contributed by atoms with Gasteiger partial charge in [0, 0.05) is 5.53 Å². The molecular weight excluding hydrogens is 80.0 g/mol. The van der Waals surface area contributed by atoms with Gasteiger partial charge in [0.25, 0.3) is 0 Å². The van der Waals surface area contributed by atoms with Crippen LogP contribution in [0.4, 0.5) is 0 Å². The summed E-state index contributed by atoms with van der Waals surface area (Å²) in [5, 5.41) is 2.64. The monoisotopic (exact) mass is 85.1 g/mol. The molecule has 0 rings (SSSR count). The molecule has 0 aliphatic carbocycles. The lowest BCUT2D eigenvalue weighted by Gasteiger charge is -1.66. The highest BCUT2D eigenvalue weighted by Gasteiger charge is 1.76. The van der Waals surface area contributed by atoms with Gasteiger partial charge in [0.2, 0.25) is 0 Å². The maximum atomic E-state index is 6.43. The lowest BCUT2D eigenvalue weighted by Crippen LogP contribution is -1.79. The maximum absolute atomic E-state index is 6.43. The van der Waals surface area contributed by atoms with Gasteiger partial charge in [0.1, 0.15) is 6.20 Å². The van der Waals surface area contributed by atoms with Crippen LogP contribution in [0.1, 0.15) is 0 Å². The molecule has 0 fully saturated rings. The normalized spacial score (nSPS) is 6.67. The maximum Gasteiger partial charge on any atom is 0.156 e. The van der Waals surface area contributed by atoms with E-state index in [0.29, 0.717) is 4.81 Å². The molecule has 0 bridgehead atoms. The molecule has 4 nitrogen and oxygen atoms in total. The van der Waals surface area contributed by atoms with Crippen molar-refractivity contribution >= 4 is 0 Å². The third-order valence-corrected chi connectivity index (χ3v) is 0.281. The van der Waals surface area contributed by atoms with E-state index in [9.17, 15) is 0 Å². The number of nitrogens with zero attached hydrogens (tertiary/aromatic N) is 2. The van der Waals surface area contributed by atoms with Gasteiger partial charge in [-0.1, -0.05) is 6.58 Å². The SMILES string of the molecule is C=C[N+](=N)N=N. The molecule has 0 unspecified atom stereocenters. The summed E-state index contributed by atoms with van der Waals surface area (Å²) in [6.45, 7) is 3.16. The van der Waals surface area contributed by atoms with Crippen LogP contribution in [0.3, 0.4) is 0 Å². The van der Waals surface area contributed by atoms with Crippen LogP contribution < -0.4 is 0 Å². The van der Waals surface area contributed by atoms with Crippen LogP contribution >= 0.6 is 0 Å². The predicted molar refractivity (Wildman–Crippen MR) is 18.3 cm³/mol. The first kappa shape index (κ1) is 4.94. The van der Waals surface area contributed by atoms with E-state index in [2.05, 4.69) is 11.8 Å². The molecule has 0 aliphatic heterocycles. The number of hydrogen-bond donors (Lipinski definition) is 2. The fourth-order valence-corrected chi connectivity index (χ4v) is 0.0408. The Bertz CT molecular complexity index is 73.5. The lowest BCUT2D eigenvalue weighted by atomic mass is 11.1. The van der Waals surface area contributed by atoms with E-state index in [1.165, 1.54) is 0 Å². The molecule has 0 amide bonds. The van der Waals surface area contributed by atoms with Crippen LogP contribution in [0.2, 0.25) is 0 Å². The molecule has 0 heterocycles. The predicted octanol–water partition coefficient (Wildman–Crippen LogP) is 1.12. The van der Waals surface area contributed by atoms with Crippen LogP contribution in [0, 0.1) is 11.1 Å². The Kier molecular flexibility index (Phi) is 1.81. The molecular formula is C2H5N4+. The molecule has 6 heavy (non-hydrogen) atoms. The van der Waals surface area contributed by atoms with Crippen LogP contribution in [-0.2, 0) is 0 Å². The van der Waals surface area contributed by atoms with E-state index in [1.807, 2.05) is 0 Å². The zero-order chi connectivity index (χ0) is 4.99. The summed E-state index contributed by atoms with van der Waals surface area (Å²) in [5.41, 5.74) is 12.5. The van der Waals surface area contributed by atoms with Gasteiger partial charge in [0.05, 0.1) is 0 Å². The van der Waals surface area contributed by atoms with Crippen molar-refractivity contribution in [1.29, 1.82) is 11.1 Å². The van der Waals surface area contributed by atoms with Crippen molar-refractivity contribution in [3.63, 3.8) is 0 Å². The molecule has 4 heteroatoms.